The molecule has 18 rings (SSSR count). The van der Waals surface area contributed by atoms with Gasteiger partial charge in [0.2, 0.25) is 0 Å². The lowest BCUT2D eigenvalue weighted by Gasteiger charge is -2.47. The molecular formula is C117H180N6O18. The average molecular weight is 2040 g/mol. The summed E-state index contributed by atoms with van der Waals surface area (Å²) in [5.74, 6) is -19.6. The molecule has 0 aromatic heterocycles. The minimum Gasteiger partial charge on any atom is -0.493 e. The molecule has 6 saturated heterocycles. The molecule has 18 atom stereocenters. The van der Waals surface area contributed by atoms with Gasteiger partial charge in [-0.2, -0.15) is 0 Å². The molecule has 12 aliphatic heterocycles. The molecule has 12 aliphatic rings. The lowest BCUT2D eigenvalue weighted by atomic mass is 9.75. The maximum Gasteiger partial charge on any atom is 0.161 e. The summed E-state index contributed by atoms with van der Waals surface area (Å²) >= 11 is 0. The monoisotopic (exact) mass is 2040 g/mol. The number of nitrogens with zero attached hydrogens (tertiary/aromatic N) is 6. The summed E-state index contributed by atoms with van der Waals surface area (Å²) in [6.07, 6.45) is -70.0. The van der Waals surface area contributed by atoms with E-state index in [0.717, 1.165) is 72.6 Å². The maximum atomic E-state index is 11.5. The summed E-state index contributed by atoms with van der Waals surface area (Å²) in [5, 5.41) is 67.7. The van der Waals surface area contributed by atoms with E-state index in [1.807, 2.05) is 0 Å². The molecule has 18 unspecified atom stereocenters. The van der Waals surface area contributed by atoms with Gasteiger partial charge in [-0.1, -0.05) is 103 Å². The molecule has 6 aromatic rings. The Balaban J connectivity index is 0.000000210. The second kappa shape index (κ2) is 48.4. The van der Waals surface area contributed by atoms with Gasteiger partial charge in [0.15, 0.2) is 69.0 Å². The highest BCUT2D eigenvalue weighted by Crippen LogP contribution is 2.53. The Kier molecular flexibility index (Phi) is 15.9. The van der Waals surface area contributed by atoms with Crippen molar-refractivity contribution >= 4 is 0 Å². The van der Waals surface area contributed by atoms with E-state index >= 15 is 0 Å². The molecule has 0 spiro atoms. The number of rotatable bonds is 21. The molecule has 0 saturated carbocycles. The summed E-state index contributed by atoms with van der Waals surface area (Å²) in [5.41, 5.74) is -14.3. The second-order valence-corrected chi connectivity index (χ2v) is 35.8. The van der Waals surface area contributed by atoms with Crippen LogP contribution in [0.2, 0.25) is 0 Å². The van der Waals surface area contributed by atoms with Crippen LogP contribution in [0.3, 0.4) is 0 Å². The van der Waals surface area contributed by atoms with E-state index in [0.29, 0.717) is 35.5 Å². The van der Waals surface area contributed by atoms with Gasteiger partial charge in [-0.3, -0.25) is 29.4 Å². The van der Waals surface area contributed by atoms with Crippen LogP contribution in [0.15, 0.2) is 72.8 Å². The van der Waals surface area contributed by atoms with Crippen molar-refractivity contribution in [2.45, 2.75) is 291 Å². The topological polar surface area (TPSA) is 252 Å². The number of methoxy groups -OCH3 is 12. The number of aliphatic hydroxyl groups is 6. The van der Waals surface area contributed by atoms with Gasteiger partial charge >= 0.3 is 0 Å². The summed E-state index contributed by atoms with van der Waals surface area (Å²) in [4.78, 5) is 3.54. The number of ether oxygens (including phenoxy) is 12. The maximum absolute atomic E-state index is 11.5. The third-order valence-corrected chi connectivity index (χ3v) is 23.3. The van der Waals surface area contributed by atoms with Crippen molar-refractivity contribution in [3.63, 3.8) is 0 Å². The first-order chi connectivity index (χ1) is 97.4. The molecule has 24 heteroatoms. The van der Waals surface area contributed by atoms with Crippen molar-refractivity contribution in [1.82, 2.24) is 29.4 Å². The van der Waals surface area contributed by atoms with E-state index < -0.39 is 404 Å². The highest BCUT2D eigenvalue weighted by molar-refractivity contribution is 5.55. The third kappa shape index (κ3) is 26.9. The first-order valence-electron chi connectivity index (χ1n) is 84.2. The highest BCUT2D eigenvalue weighted by Gasteiger charge is 2.47. The number of piperidine rings is 6. The van der Waals surface area contributed by atoms with Crippen molar-refractivity contribution in [3.05, 3.63) is 140 Å². The van der Waals surface area contributed by atoms with Crippen LogP contribution in [-0.2, 0) is 38.2 Å². The SMILES string of the molecule is [2H]C([2H])([2H])C(C)(C([2H])([2H])[2H])C([2H])([2H])C1([2H])CN2C(c3cc(OC)c(OC)cc3C([2H])([2H])C2([2H])[2H])C([2H])([2H])C1([2H])O.[2H]C([2H])([2H])C(C)(C([2H])([2H])[2H])C([2H])([2H])C1([2H])CN2C(c3cc(OC)c(OC)cc3C([2H])([2H])C2([2H])[2H])C([2H])([2H])C1([2H])O.[2H]C([2H])([2H])Oc1cc2c(cc1OC)C([2H])([2H])C([2H])([2H])N1CC([2H])(C([2H])([2H])C(C)(C([2H])([2H])[2H])C([2H])([2H])[2H])C([2H])(O)C([2H])([2H])C21.[2H]C([2H])([2H])Oc1cc2c(cc1OC)C([2H])([2H])C([2H])([2H])N1CC([2H])(CC(C)C)C([2H])(O)C([2H])([2H])C21[2H].[2H]C1(CC(C)C)CN2C(c3cc(OC)c(OC)cc3C([2H])([2H])C2([2H])[2H])C([2H])([2H])C1([2H])O.[2H]C1(CC(C)C)CN2C(c3cc(OC)c(OC)cc3C([2H])([2H])C2([2H])[2H])C([2H])([2H])C1([2H])O. The van der Waals surface area contributed by atoms with Crippen LogP contribution in [0.25, 0.3) is 0 Å². The van der Waals surface area contributed by atoms with Gasteiger partial charge in [0.05, 0.1) is 139 Å². The van der Waals surface area contributed by atoms with Crippen molar-refractivity contribution in [2.75, 3.05) is 163 Å². The molecular weight excluding hydrogens is 1780 g/mol. The smallest absolute Gasteiger partial charge is 0.161 e. The molecule has 786 valence electrons. The van der Waals surface area contributed by atoms with Crippen LogP contribution in [0.4, 0.5) is 0 Å². The van der Waals surface area contributed by atoms with Crippen LogP contribution in [0.1, 0.15) is 391 Å². The molecule has 12 heterocycles. The van der Waals surface area contributed by atoms with Crippen molar-refractivity contribution in [1.29, 1.82) is 0 Å². The third-order valence-electron chi connectivity index (χ3n) is 23.3. The minimum absolute atomic E-state index is 0.0378. The zero-order chi connectivity index (χ0) is 172. The van der Waals surface area contributed by atoms with E-state index in [4.69, 9.17) is 164 Å². The van der Waals surface area contributed by atoms with E-state index in [-0.39, 0.29) is 127 Å². The zero-order valence-electron chi connectivity index (χ0n) is 161. The van der Waals surface area contributed by atoms with E-state index in [9.17, 15) is 32.0 Å². The van der Waals surface area contributed by atoms with E-state index in [1.54, 1.807) is 41.5 Å². The Labute approximate surface area is 957 Å². The molecule has 24 nitrogen and oxygen atoms in total. The number of benzene rings is 6. The summed E-state index contributed by atoms with van der Waals surface area (Å²) in [6.45, 7) is -35.2. The van der Waals surface area contributed by atoms with Gasteiger partial charge in [-0.15, -0.1) is 0 Å². The van der Waals surface area contributed by atoms with Crippen LogP contribution in [0, 0.1) is 69.4 Å². The molecule has 6 N–H and O–H groups in total. The van der Waals surface area contributed by atoms with Crippen LogP contribution >= 0.6 is 0 Å². The molecule has 0 amide bonds. The molecule has 6 aromatic carbocycles. The average Bonchev–Trinajstić information content (AvgIpc) is 0.654. The lowest BCUT2D eigenvalue weighted by molar-refractivity contribution is -0.0259. The predicted octanol–water partition coefficient (Wildman–Crippen LogP) is 19.3. The summed E-state index contributed by atoms with van der Waals surface area (Å²) in [7, 11) is 6.47. The van der Waals surface area contributed by atoms with Crippen molar-refractivity contribution < 1.29 is 196 Å². The van der Waals surface area contributed by atoms with Crippen LogP contribution in [-0.4, -0.2) is 260 Å². The molecule has 6 fully saturated rings. The Morgan fingerprint density at radius 3 is 0.688 bits per heavy atom. The van der Waals surface area contributed by atoms with Gasteiger partial charge in [-0.25, -0.2) is 0 Å². The van der Waals surface area contributed by atoms with Gasteiger partial charge < -0.3 is 87.5 Å². The largest absolute Gasteiger partial charge is 0.493 e. The van der Waals surface area contributed by atoms with Gasteiger partial charge in [0.25, 0.3) is 0 Å². The molecule has 0 aliphatic carbocycles. The first-order valence-corrected chi connectivity index (χ1v) is 44.7. The van der Waals surface area contributed by atoms with Gasteiger partial charge in [-0.05, 0) is 324 Å². The molecule has 0 radical (unpaired) electrons. The fraction of sp³-hybridized carbons (Fsp3) is 0.692. The quantitative estimate of drug-likeness (QED) is 0.0392. The van der Waals surface area contributed by atoms with Gasteiger partial charge in [0.1, 0.15) is 0 Å². The minimum atomic E-state index is -4.04. The standard InChI is InChI=1S/3C20H31NO3.3C19H29NO3/c3*1-20(2,3)11-14-12-21-7-6-13-8-18(23-4)19(24-5)9-15(13)16(21)10-17(14)22;3*1-12(2)7-14-11-20-6-5-13-8-18(22-3)19(23-4)9-15(13)16(20)10-17(14)21/h3*8-9,14,16-17,22H,6-7,10-12H2,1-5H3;3*8-9,12,14,16-17,21H,5-7,10-11H2,1-4H3/i1D3,2D3,5D3,6D2,7D2,10D2,11D2,14D,17D;2*1D3,2D3,6D2,7D2,10D2,11D2,14D,17D;4D3,5D2,6D2,10D2,14D,16D,17D;2*5D2,6D2,10D2,14D,17D. The lowest BCUT2D eigenvalue weighted by Crippen LogP contribution is -2.48. The fourth-order valence-electron chi connectivity index (χ4n) is 17.0. The summed E-state index contributed by atoms with van der Waals surface area (Å²) < 4.78 is 728. The van der Waals surface area contributed by atoms with Crippen LogP contribution < -0.4 is 56.8 Å². The number of hydrogen-bond donors (Lipinski definition) is 6. The predicted molar refractivity (Wildman–Crippen MR) is 561 cm³/mol. The Bertz CT molecular complexity index is 8600. The normalized spacial score (nSPS) is 49.9. The van der Waals surface area contributed by atoms with Crippen LogP contribution in [0.5, 0.6) is 69.0 Å². The van der Waals surface area contributed by atoms with E-state index in [1.165, 1.54) is 81.1 Å². The summed E-state index contributed by atoms with van der Waals surface area (Å²) in [6, 6.07) is 0.847. The van der Waals surface area contributed by atoms with Gasteiger partial charge in [0, 0.05) is 205 Å². The zero-order valence-corrected chi connectivity index (χ0v) is 81.7. The van der Waals surface area contributed by atoms with Crippen molar-refractivity contribution in [3.8, 4) is 69.0 Å². The molecule has 0 bridgehead atoms. The molecule has 141 heavy (non-hydrogen) atoms. The Hall–Kier alpha value is -7.56. The first kappa shape index (κ1) is 46.5. The van der Waals surface area contributed by atoms with Crippen molar-refractivity contribution in [2.24, 2.45) is 69.4 Å². The second-order valence-electron chi connectivity index (χ2n) is 35.8. The highest BCUT2D eigenvalue weighted by atomic mass is 16.5. The number of aryl methyl sites for hydroxylation is 6. The Morgan fingerprint density at radius 2 is 0.468 bits per heavy atom. The van der Waals surface area contributed by atoms with E-state index in [2.05, 4.69) is 0 Å². The number of hydrogen-bond acceptors (Lipinski definition) is 24. The number of fused-ring (bicyclic) bond motifs is 18. The Morgan fingerprint density at radius 1 is 0.284 bits per heavy atom. The fourth-order valence-corrected chi connectivity index (χ4v) is 17.0.